The predicted molar refractivity (Wildman–Crippen MR) is 87.3 cm³/mol. The smallest absolute Gasteiger partial charge is 0.191 e. The van der Waals surface area contributed by atoms with E-state index in [1.165, 1.54) is 6.07 Å². The van der Waals surface area contributed by atoms with E-state index >= 15 is 0 Å². The molecule has 1 aromatic carbocycles. The van der Waals surface area contributed by atoms with Crippen LogP contribution < -0.4 is 10.6 Å². The minimum absolute atomic E-state index is 0.114. The molecule has 0 saturated carbocycles. The van der Waals surface area contributed by atoms with Gasteiger partial charge in [-0.1, -0.05) is 6.07 Å². The quantitative estimate of drug-likeness (QED) is 0.537. The highest BCUT2D eigenvalue weighted by Gasteiger charge is 2.28. The second-order valence-corrected chi connectivity index (χ2v) is 7.75. The van der Waals surface area contributed by atoms with Gasteiger partial charge in [-0.3, -0.25) is 0 Å². The van der Waals surface area contributed by atoms with Crippen LogP contribution in [0.25, 0.3) is 0 Å². The summed E-state index contributed by atoms with van der Waals surface area (Å²) in [6.07, 6.45) is 0.567. The Morgan fingerprint density at radius 1 is 1.48 bits per heavy atom. The lowest BCUT2D eigenvalue weighted by Gasteiger charge is -2.15. The van der Waals surface area contributed by atoms with Gasteiger partial charge >= 0.3 is 0 Å². The SMILES string of the molecule is CCNC(=NCc1ccc(F)c(CO)c1)NC1CCS(=O)(=O)C1. The molecule has 0 spiro atoms. The maximum Gasteiger partial charge on any atom is 0.191 e. The summed E-state index contributed by atoms with van der Waals surface area (Å²) in [5.74, 6) is 0.399. The van der Waals surface area contributed by atoms with E-state index in [0.29, 0.717) is 25.5 Å². The average Bonchev–Trinajstić information content (AvgIpc) is 2.85. The number of hydrogen-bond acceptors (Lipinski definition) is 4. The normalized spacial score (nSPS) is 20.5. The average molecular weight is 343 g/mol. The Morgan fingerprint density at radius 2 is 2.26 bits per heavy atom. The lowest BCUT2D eigenvalue weighted by atomic mass is 10.1. The lowest BCUT2D eigenvalue weighted by Crippen LogP contribution is -2.44. The summed E-state index contributed by atoms with van der Waals surface area (Å²) in [6, 6.07) is 4.35. The van der Waals surface area contributed by atoms with Crippen molar-refractivity contribution in [1.29, 1.82) is 0 Å². The number of sulfone groups is 1. The zero-order valence-corrected chi connectivity index (χ0v) is 13.9. The van der Waals surface area contributed by atoms with Gasteiger partial charge in [0.2, 0.25) is 0 Å². The molecule has 2 rings (SSSR count). The number of guanidine groups is 1. The Balaban J connectivity index is 2.04. The molecule has 0 aliphatic carbocycles. The van der Waals surface area contributed by atoms with E-state index in [1.807, 2.05) is 6.92 Å². The lowest BCUT2D eigenvalue weighted by molar-refractivity contribution is 0.275. The number of hydrogen-bond donors (Lipinski definition) is 3. The van der Waals surface area contributed by atoms with E-state index < -0.39 is 15.7 Å². The van der Waals surface area contributed by atoms with Crippen molar-refractivity contribution < 1.29 is 17.9 Å². The van der Waals surface area contributed by atoms with Crippen LogP contribution in [0.4, 0.5) is 4.39 Å². The number of aliphatic hydroxyl groups is 1. The fourth-order valence-electron chi connectivity index (χ4n) is 2.44. The minimum Gasteiger partial charge on any atom is -0.392 e. The summed E-state index contributed by atoms with van der Waals surface area (Å²) in [6.45, 7) is 2.52. The first-order chi connectivity index (χ1) is 10.9. The molecular formula is C15H22FN3O3S. The van der Waals surface area contributed by atoms with Crippen molar-refractivity contribution in [1.82, 2.24) is 10.6 Å². The van der Waals surface area contributed by atoms with Gasteiger partial charge in [0, 0.05) is 18.2 Å². The Morgan fingerprint density at radius 3 is 2.87 bits per heavy atom. The summed E-state index contributed by atoms with van der Waals surface area (Å²) < 4.78 is 36.4. The van der Waals surface area contributed by atoms with Gasteiger partial charge in [0.25, 0.3) is 0 Å². The molecule has 128 valence electrons. The molecule has 6 nitrogen and oxygen atoms in total. The van der Waals surface area contributed by atoms with E-state index in [0.717, 1.165) is 5.56 Å². The Bertz CT molecular complexity index is 677. The van der Waals surface area contributed by atoms with Gasteiger partial charge in [-0.2, -0.15) is 0 Å². The number of halogens is 1. The molecule has 3 N–H and O–H groups in total. The maximum atomic E-state index is 13.4. The number of nitrogens with one attached hydrogen (secondary N) is 2. The van der Waals surface area contributed by atoms with Crippen molar-refractivity contribution >= 4 is 15.8 Å². The molecule has 8 heteroatoms. The predicted octanol–water partition coefficient (Wildman–Crippen LogP) is 0.560. The second-order valence-electron chi connectivity index (χ2n) is 5.52. The van der Waals surface area contributed by atoms with Crippen LogP contribution in [-0.4, -0.2) is 43.6 Å². The Labute approximate surface area is 135 Å². The molecule has 23 heavy (non-hydrogen) atoms. The molecule has 1 atom stereocenters. The zero-order chi connectivity index (χ0) is 16.9. The Kier molecular flexibility index (Phi) is 5.95. The first kappa shape index (κ1) is 17.7. The minimum atomic E-state index is -2.95. The van der Waals surface area contributed by atoms with Crippen LogP contribution in [-0.2, 0) is 23.0 Å². The number of rotatable bonds is 5. The van der Waals surface area contributed by atoms with Crippen molar-refractivity contribution in [2.45, 2.75) is 32.5 Å². The van der Waals surface area contributed by atoms with Crippen LogP contribution in [0, 0.1) is 5.82 Å². The van der Waals surface area contributed by atoms with Crippen molar-refractivity contribution in [3.8, 4) is 0 Å². The van der Waals surface area contributed by atoms with Crippen LogP contribution in [0.3, 0.4) is 0 Å². The molecule has 0 bridgehead atoms. The van der Waals surface area contributed by atoms with Crippen molar-refractivity contribution in [2.75, 3.05) is 18.1 Å². The molecule has 1 aliphatic rings. The third kappa shape index (κ3) is 5.18. The summed E-state index contributed by atoms with van der Waals surface area (Å²) in [4.78, 5) is 4.40. The van der Waals surface area contributed by atoms with Gasteiger partial charge in [-0.05, 0) is 31.0 Å². The van der Waals surface area contributed by atoms with Gasteiger partial charge in [-0.15, -0.1) is 0 Å². The van der Waals surface area contributed by atoms with Gasteiger partial charge in [0.05, 0.1) is 24.7 Å². The summed E-state index contributed by atoms with van der Waals surface area (Å²) in [5.41, 5.74) is 1.00. The molecule has 0 amide bonds. The van der Waals surface area contributed by atoms with Gasteiger partial charge in [0.15, 0.2) is 15.8 Å². The molecule has 1 unspecified atom stereocenters. The fraction of sp³-hybridized carbons (Fsp3) is 0.533. The molecule has 1 saturated heterocycles. The van der Waals surface area contributed by atoms with Gasteiger partial charge in [-0.25, -0.2) is 17.8 Å². The number of aliphatic hydroxyl groups excluding tert-OH is 1. The molecule has 1 fully saturated rings. The van der Waals surface area contributed by atoms with Crippen molar-refractivity contribution in [2.24, 2.45) is 4.99 Å². The Hall–Kier alpha value is -1.67. The summed E-state index contributed by atoms with van der Waals surface area (Å²) >= 11 is 0. The third-order valence-electron chi connectivity index (χ3n) is 3.62. The summed E-state index contributed by atoms with van der Waals surface area (Å²) in [7, 11) is -2.95. The molecule has 0 aromatic heterocycles. The van der Waals surface area contributed by atoms with E-state index in [-0.39, 0.29) is 29.7 Å². The van der Waals surface area contributed by atoms with Gasteiger partial charge in [0.1, 0.15) is 5.82 Å². The maximum absolute atomic E-state index is 13.4. The molecule has 1 aromatic rings. The molecule has 1 heterocycles. The molecule has 1 aliphatic heterocycles. The first-order valence-electron chi connectivity index (χ1n) is 7.57. The monoisotopic (exact) mass is 343 g/mol. The molecule has 0 radical (unpaired) electrons. The highest BCUT2D eigenvalue weighted by molar-refractivity contribution is 7.91. The van der Waals surface area contributed by atoms with Crippen LogP contribution in [0.2, 0.25) is 0 Å². The molecular weight excluding hydrogens is 321 g/mol. The topological polar surface area (TPSA) is 90.8 Å². The van der Waals surface area contributed by atoms with Crippen LogP contribution in [0.15, 0.2) is 23.2 Å². The van der Waals surface area contributed by atoms with E-state index in [2.05, 4.69) is 15.6 Å². The van der Waals surface area contributed by atoms with E-state index in [9.17, 15) is 12.8 Å². The first-order valence-corrected chi connectivity index (χ1v) is 9.39. The van der Waals surface area contributed by atoms with Gasteiger partial charge < -0.3 is 15.7 Å². The second kappa shape index (κ2) is 7.74. The highest BCUT2D eigenvalue weighted by Crippen LogP contribution is 2.13. The van der Waals surface area contributed by atoms with E-state index in [4.69, 9.17) is 5.11 Å². The highest BCUT2D eigenvalue weighted by atomic mass is 32.2. The zero-order valence-electron chi connectivity index (χ0n) is 13.0. The fourth-order valence-corrected chi connectivity index (χ4v) is 4.11. The van der Waals surface area contributed by atoms with Crippen molar-refractivity contribution in [3.63, 3.8) is 0 Å². The number of aliphatic imine (C=N–C) groups is 1. The van der Waals surface area contributed by atoms with Crippen molar-refractivity contribution in [3.05, 3.63) is 35.1 Å². The number of benzene rings is 1. The van der Waals surface area contributed by atoms with Crippen LogP contribution in [0.1, 0.15) is 24.5 Å². The third-order valence-corrected chi connectivity index (χ3v) is 5.39. The standard InChI is InChI=1S/C15H22FN3O3S/c1-2-17-15(19-13-5-6-23(21,22)10-13)18-8-11-3-4-14(16)12(7-11)9-20/h3-4,7,13,20H,2,5-6,8-10H2,1H3,(H2,17,18,19). The van der Waals surface area contributed by atoms with E-state index in [1.54, 1.807) is 12.1 Å². The van der Waals surface area contributed by atoms with Crippen LogP contribution in [0.5, 0.6) is 0 Å². The summed E-state index contributed by atoms with van der Waals surface area (Å²) in [5, 5.41) is 15.3. The number of nitrogens with zero attached hydrogens (tertiary/aromatic N) is 1. The van der Waals surface area contributed by atoms with Crippen LogP contribution >= 0.6 is 0 Å². The largest absolute Gasteiger partial charge is 0.392 e.